The van der Waals surface area contributed by atoms with Crippen molar-refractivity contribution in [1.82, 2.24) is 24.8 Å². The number of rotatable bonds is 5. The van der Waals surface area contributed by atoms with Crippen molar-refractivity contribution in [2.24, 2.45) is 0 Å². The van der Waals surface area contributed by atoms with Gasteiger partial charge in [-0.05, 0) is 25.3 Å². The van der Waals surface area contributed by atoms with Crippen molar-refractivity contribution in [3.63, 3.8) is 0 Å². The highest BCUT2D eigenvalue weighted by atomic mass is 16.5. The largest absolute Gasteiger partial charge is 0.342 e. The molecule has 0 radical (unpaired) electrons. The van der Waals surface area contributed by atoms with Crippen LogP contribution in [-0.2, 0) is 11.3 Å². The molecule has 0 spiro atoms. The molecular formula is C17H25N5O2. The van der Waals surface area contributed by atoms with Crippen LogP contribution in [-0.4, -0.2) is 43.8 Å². The van der Waals surface area contributed by atoms with Crippen LogP contribution in [0, 0.1) is 6.92 Å². The molecule has 7 nitrogen and oxygen atoms in total. The number of carbonyl (C=O) groups is 1. The van der Waals surface area contributed by atoms with Gasteiger partial charge in [-0.3, -0.25) is 9.48 Å². The molecule has 0 N–H and O–H groups in total. The van der Waals surface area contributed by atoms with Crippen molar-refractivity contribution in [3.8, 4) is 0 Å². The lowest BCUT2D eigenvalue weighted by molar-refractivity contribution is -0.132. The van der Waals surface area contributed by atoms with E-state index >= 15 is 0 Å². The van der Waals surface area contributed by atoms with E-state index in [0.717, 1.165) is 30.8 Å². The highest BCUT2D eigenvalue weighted by Crippen LogP contribution is 2.26. The molecule has 1 aliphatic rings. The highest BCUT2D eigenvalue weighted by Gasteiger charge is 2.28. The second kappa shape index (κ2) is 7.15. The summed E-state index contributed by atoms with van der Waals surface area (Å²) < 4.78 is 7.13. The van der Waals surface area contributed by atoms with Crippen LogP contribution in [0.15, 0.2) is 16.9 Å². The molecule has 0 aliphatic carbocycles. The molecule has 7 heteroatoms. The summed E-state index contributed by atoms with van der Waals surface area (Å²) in [6.07, 6.45) is 6.21. The van der Waals surface area contributed by atoms with E-state index in [-0.39, 0.29) is 17.7 Å². The fourth-order valence-electron chi connectivity index (χ4n) is 3.02. The quantitative estimate of drug-likeness (QED) is 0.841. The molecule has 0 saturated carbocycles. The number of hydrogen-bond donors (Lipinski definition) is 0. The Hall–Kier alpha value is -2.18. The van der Waals surface area contributed by atoms with Gasteiger partial charge in [0.15, 0.2) is 5.82 Å². The van der Waals surface area contributed by atoms with Gasteiger partial charge in [0.05, 0.1) is 6.20 Å². The normalized spacial score (nSPS) is 18.3. The number of likely N-dealkylation sites (tertiary alicyclic amines) is 1. The maximum atomic E-state index is 12.5. The Morgan fingerprint density at radius 1 is 1.46 bits per heavy atom. The van der Waals surface area contributed by atoms with Crippen LogP contribution in [0.25, 0.3) is 0 Å². The van der Waals surface area contributed by atoms with Gasteiger partial charge in [-0.1, -0.05) is 19.0 Å². The van der Waals surface area contributed by atoms with E-state index in [1.807, 2.05) is 42.7 Å². The second-order valence-corrected chi connectivity index (χ2v) is 6.86. The van der Waals surface area contributed by atoms with Crippen LogP contribution in [0.1, 0.15) is 62.2 Å². The van der Waals surface area contributed by atoms with Gasteiger partial charge in [0.1, 0.15) is 0 Å². The van der Waals surface area contributed by atoms with Crippen molar-refractivity contribution >= 4 is 5.91 Å². The van der Waals surface area contributed by atoms with Crippen molar-refractivity contribution in [2.45, 2.75) is 58.4 Å². The Kier molecular flexibility index (Phi) is 4.97. The lowest BCUT2D eigenvalue weighted by Gasteiger charge is -2.31. The SMILES string of the molecule is Cc1cnn(CCC(=O)N2CCC[C@@H](c3noc(C(C)C)n3)C2)c1. The molecule has 1 fully saturated rings. The van der Waals surface area contributed by atoms with Gasteiger partial charge < -0.3 is 9.42 Å². The summed E-state index contributed by atoms with van der Waals surface area (Å²) in [5.41, 5.74) is 1.11. The Balaban J connectivity index is 1.56. The molecule has 130 valence electrons. The maximum Gasteiger partial charge on any atom is 0.229 e. The minimum Gasteiger partial charge on any atom is -0.342 e. The molecule has 24 heavy (non-hydrogen) atoms. The van der Waals surface area contributed by atoms with Gasteiger partial charge in [0, 0.05) is 44.1 Å². The van der Waals surface area contributed by atoms with Gasteiger partial charge in [-0.15, -0.1) is 0 Å². The fraction of sp³-hybridized carbons (Fsp3) is 0.647. The molecular weight excluding hydrogens is 306 g/mol. The molecule has 0 unspecified atom stereocenters. The zero-order valence-electron chi connectivity index (χ0n) is 14.6. The first-order valence-electron chi connectivity index (χ1n) is 8.63. The van der Waals surface area contributed by atoms with E-state index in [1.165, 1.54) is 0 Å². The van der Waals surface area contributed by atoms with Crippen LogP contribution in [0.5, 0.6) is 0 Å². The van der Waals surface area contributed by atoms with Gasteiger partial charge in [0.2, 0.25) is 11.8 Å². The summed E-state index contributed by atoms with van der Waals surface area (Å²) in [6, 6.07) is 0. The number of piperidine rings is 1. The second-order valence-electron chi connectivity index (χ2n) is 6.86. The summed E-state index contributed by atoms with van der Waals surface area (Å²) >= 11 is 0. The Bertz CT molecular complexity index is 691. The minimum absolute atomic E-state index is 0.167. The first-order chi connectivity index (χ1) is 11.5. The van der Waals surface area contributed by atoms with Crippen LogP contribution < -0.4 is 0 Å². The summed E-state index contributed by atoms with van der Waals surface area (Å²) in [7, 11) is 0. The number of nitrogens with zero attached hydrogens (tertiary/aromatic N) is 5. The fourth-order valence-corrected chi connectivity index (χ4v) is 3.02. The third-order valence-electron chi connectivity index (χ3n) is 4.41. The Morgan fingerprint density at radius 3 is 2.96 bits per heavy atom. The van der Waals surface area contributed by atoms with E-state index in [1.54, 1.807) is 0 Å². The van der Waals surface area contributed by atoms with Crippen LogP contribution in [0.3, 0.4) is 0 Å². The number of aryl methyl sites for hydroxylation is 2. The third-order valence-corrected chi connectivity index (χ3v) is 4.41. The summed E-state index contributed by atoms with van der Waals surface area (Å²) in [5.74, 6) is 1.97. The maximum absolute atomic E-state index is 12.5. The highest BCUT2D eigenvalue weighted by molar-refractivity contribution is 5.76. The average molecular weight is 331 g/mol. The molecule has 1 aliphatic heterocycles. The van der Waals surface area contributed by atoms with Crippen molar-refractivity contribution in [1.29, 1.82) is 0 Å². The number of carbonyl (C=O) groups excluding carboxylic acids is 1. The number of aromatic nitrogens is 4. The molecule has 3 rings (SSSR count). The molecule has 2 aromatic heterocycles. The molecule has 0 aromatic carbocycles. The predicted molar refractivity (Wildman–Crippen MR) is 88.5 cm³/mol. The topological polar surface area (TPSA) is 77.0 Å². The standard InChI is InChI=1S/C17H25N5O2/c1-12(2)17-19-16(20-24-17)14-5-4-7-21(11-14)15(23)6-8-22-10-13(3)9-18-22/h9-10,12,14H,4-8,11H2,1-3H3/t14-/m1/s1. The monoisotopic (exact) mass is 331 g/mol. The first-order valence-corrected chi connectivity index (χ1v) is 8.63. The molecule has 0 bridgehead atoms. The molecule has 1 saturated heterocycles. The third kappa shape index (κ3) is 3.83. The summed E-state index contributed by atoms with van der Waals surface area (Å²) in [6.45, 7) is 8.16. The zero-order valence-corrected chi connectivity index (χ0v) is 14.6. The van der Waals surface area contributed by atoms with Crippen LogP contribution >= 0.6 is 0 Å². The Morgan fingerprint density at radius 2 is 2.29 bits per heavy atom. The smallest absolute Gasteiger partial charge is 0.229 e. The van der Waals surface area contributed by atoms with Crippen LogP contribution in [0.2, 0.25) is 0 Å². The molecule has 1 atom stereocenters. The lowest BCUT2D eigenvalue weighted by Crippen LogP contribution is -2.39. The molecule has 3 heterocycles. The van der Waals surface area contributed by atoms with Gasteiger partial charge in [-0.2, -0.15) is 10.1 Å². The summed E-state index contributed by atoms with van der Waals surface area (Å²) in [4.78, 5) is 18.9. The first kappa shape index (κ1) is 16.7. The number of amides is 1. The lowest BCUT2D eigenvalue weighted by atomic mass is 9.97. The molecule has 1 amide bonds. The van der Waals surface area contributed by atoms with Gasteiger partial charge in [0.25, 0.3) is 0 Å². The van der Waals surface area contributed by atoms with E-state index in [4.69, 9.17) is 4.52 Å². The van der Waals surface area contributed by atoms with Gasteiger partial charge >= 0.3 is 0 Å². The van der Waals surface area contributed by atoms with Crippen molar-refractivity contribution in [2.75, 3.05) is 13.1 Å². The predicted octanol–water partition coefficient (Wildman–Crippen LogP) is 2.49. The van der Waals surface area contributed by atoms with Crippen molar-refractivity contribution < 1.29 is 9.32 Å². The zero-order chi connectivity index (χ0) is 17.1. The van der Waals surface area contributed by atoms with E-state index in [9.17, 15) is 4.79 Å². The van der Waals surface area contributed by atoms with Gasteiger partial charge in [-0.25, -0.2) is 0 Å². The minimum atomic E-state index is 0.167. The summed E-state index contributed by atoms with van der Waals surface area (Å²) in [5, 5.41) is 8.34. The van der Waals surface area contributed by atoms with E-state index in [0.29, 0.717) is 25.4 Å². The van der Waals surface area contributed by atoms with Crippen LogP contribution in [0.4, 0.5) is 0 Å². The molecule has 2 aromatic rings. The van der Waals surface area contributed by atoms with E-state index in [2.05, 4.69) is 15.2 Å². The Labute approximate surface area is 142 Å². The number of hydrogen-bond acceptors (Lipinski definition) is 5. The average Bonchev–Trinajstić information content (AvgIpc) is 3.22. The van der Waals surface area contributed by atoms with Crippen molar-refractivity contribution in [3.05, 3.63) is 29.7 Å². The van der Waals surface area contributed by atoms with E-state index < -0.39 is 0 Å².